The van der Waals surface area contributed by atoms with Crippen molar-refractivity contribution in [3.63, 3.8) is 0 Å². The zero-order valence-electron chi connectivity index (χ0n) is 17.6. The van der Waals surface area contributed by atoms with E-state index in [0.717, 1.165) is 32.8 Å². The lowest BCUT2D eigenvalue weighted by molar-refractivity contribution is 0.0952. The van der Waals surface area contributed by atoms with Gasteiger partial charge in [-0.3, -0.25) is 4.79 Å². The van der Waals surface area contributed by atoms with Crippen molar-refractivity contribution in [2.75, 3.05) is 0 Å². The highest BCUT2D eigenvalue weighted by molar-refractivity contribution is 6.31. The molecule has 1 aromatic heterocycles. The standard InChI is InChI=1S/C27H20ClN3O2/c28-24-11-5-3-9-20(24)16-31-17-21(22-10-4-6-12-25(22)31)15-29-30-27(33)23-13-18-7-1-2-8-19(18)14-26(23)32/h1-15,17,32H,16H2,(H,30,33). The first-order valence-electron chi connectivity index (χ1n) is 10.5. The Bertz CT molecular complexity index is 1520. The van der Waals surface area contributed by atoms with Gasteiger partial charge in [0.1, 0.15) is 5.75 Å². The Labute approximate surface area is 195 Å². The van der Waals surface area contributed by atoms with Gasteiger partial charge >= 0.3 is 0 Å². The number of nitrogens with one attached hydrogen (secondary N) is 1. The van der Waals surface area contributed by atoms with Crippen molar-refractivity contribution < 1.29 is 9.90 Å². The molecule has 0 radical (unpaired) electrons. The molecule has 6 heteroatoms. The molecule has 0 saturated carbocycles. The minimum atomic E-state index is -0.477. The van der Waals surface area contributed by atoms with Crippen molar-refractivity contribution in [1.29, 1.82) is 0 Å². The number of phenolic OH excluding ortho intramolecular Hbond substituents is 1. The summed E-state index contributed by atoms with van der Waals surface area (Å²) in [7, 11) is 0. The summed E-state index contributed by atoms with van der Waals surface area (Å²) < 4.78 is 2.11. The first-order valence-corrected chi connectivity index (χ1v) is 10.8. The molecular weight excluding hydrogens is 434 g/mol. The van der Waals surface area contributed by atoms with E-state index in [1.165, 1.54) is 0 Å². The van der Waals surface area contributed by atoms with Gasteiger partial charge in [-0.25, -0.2) is 5.43 Å². The molecular formula is C27H20ClN3O2. The van der Waals surface area contributed by atoms with E-state index < -0.39 is 5.91 Å². The molecule has 0 fully saturated rings. The van der Waals surface area contributed by atoms with Crippen molar-refractivity contribution in [3.05, 3.63) is 113 Å². The van der Waals surface area contributed by atoms with E-state index in [1.54, 1.807) is 18.3 Å². The van der Waals surface area contributed by atoms with Gasteiger partial charge in [0.25, 0.3) is 5.91 Å². The SMILES string of the molecule is O=C(NN=Cc1cn(Cc2ccccc2Cl)c2ccccc12)c1cc2ccccc2cc1O. The number of carbonyl (C=O) groups excluding carboxylic acids is 1. The molecule has 0 aliphatic heterocycles. The molecule has 1 amide bonds. The molecule has 0 bridgehead atoms. The third kappa shape index (κ3) is 4.19. The number of hydrogen-bond acceptors (Lipinski definition) is 3. The predicted octanol–water partition coefficient (Wildman–Crippen LogP) is 5.97. The third-order valence-corrected chi connectivity index (χ3v) is 5.97. The predicted molar refractivity (Wildman–Crippen MR) is 133 cm³/mol. The molecule has 5 nitrogen and oxygen atoms in total. The summed E-state index contributed by atoms with van der Waals surface area (Å²) in [6.07, 6.45) is 3.60. The summed E-state index contributed by atoms with van der Waals surface area (Å²) in [6.45, 7) is 0.616. The van der Waals surface area contributed by atoms with E-state index in [9.17, 15) is 9.90 Å². The number of rotatable bonds is 5. The second kappa shape index (κ2) is 8.81. The number of nitrogens with zero attached hydrogens (tertiary/aromatic N) is 2. The van der Waals surface area contributed by atoms with Crippen LogP contribution in [0.3, 0.4) is 0 Å². The topological polar surface area (TPSA) is 66.6 Å². The highest BCUT2D eigenvalue weighted by Crippen LogP contribution is 2.25. The quantitative estimate of drug-likeness (QED) is 0.254. The molecule has 2 N–H and O–H groups in total. The maximum Gasteiger partial charge on any atom is 0.275 e. The van der Waals surface area contributed by atoms with Crippen molar-refractivity contribution in [2.24, 2.45) is 5.10 Å². The van der Waals surface area contributed by atoms with E-state index in [0.29, 0.717) is 11.6 Å². The van der Waals surface area contributed by atoms with E-state index >= 15 is 0 Å². The van der Waals surface area contributed by atoms with Gasteiger partial charge in [-0.15, -0.1) is 0 Å². The summed E-state index contributed by atoms with van der Waals surface area (Å²) in [6, 6.07) is 26.5. The number of halogens is 1. The van der Waals surface area contributed by atoms with Crippen LogP contribution in [0.25, 0.3) is 21.7 Å². The van der Waals surface area contributed by atoms with Crippen LogP contribution in [0.4, 0.5) is 0 Å². The van der Waals surface area contributed by atoms with Crippen LogP contribution in [0, 0.1) is 0 Å². The van der Waals surface area contributed by atoms with E-state index in [-0.39, 0.29) is 11.3 Å². The fourth-order valence-electron chi connectivity index (χ4n) is 3.95. The number of hydrazone groups is 1. The van der Waals surface area contributed by atoms with Gasteiger partial charge in [0, 0.05) is 34.2 Å². The van der Waals surface area contributed by atoms with Crippen molar-refractivity contribution >= 4 is 45.4 Å². The molecule has 0 aliphatic rings. The summed E-state index contributed by atoms with van der Waals surface area (Å²) in [5, 5.41) is 17.9. The Kier molecular flexibility index (Phi) is 5.55. The summed E-state index contributed by atoms with van der Waals surface area (Å²) in [5.41, 5.74) is 5.62. The van der Waals surface area contributed by atoms with Crippen LogP contribution in [0.2, 0.25) is 5.02 Å². The van der Waals surface area contributed by atoms with Crippen molar-refractivity contribution in [2.45, 2.75) is 6.54 Å². The van der Waals surface area contributed by atoms with Gasteiger partial charge < -0.3 is 9.67 Å². The Morgan fingerprint density at radius 3 is 2.48 bits per heavy atom. The molecule has 5 rings (SSSR count). The molecule has 0 atom stereocenters. The number of aromatic hydroxyl groups is 1. The Balaban J connectivity index is 1.40. The largest absolute Gasteiger partial charge is 0.507 e. The number of aromatic nitrogens is 1. The van der Waals surface area contributed by atoms with Crippen LogP contribution in [0.15, 0.2) is 96.2 Å². The average molecular weight is 454 g/mol. The average Bonchev–Trinajstić information content (AvgIpc) is 3.17. The first kappa shape index (κ1) is 20.8. The number of fused-ring (bicyclic) bond motifs is 2. The van der Waals surface area contributed by atoms with Gasteiger partial charge in [0.2, 0.25) is 0 Å². The van der Waals surface area contributed by atoms with Crippen LogP contribution in [0.5, 0.6) is 5.75 Å². The Hall–Kier alpha value is -4.09. The molecule has 0 aliphatic carbocycles. The molecule has 162 valence electrons. The molecule has 0 saturated heterocycles. The van der Waals surface area contributed by atoms with Gasteiger partial charge in [0.15, 0.2) is 0 Å². The lowest BCUT2D eigenvalue weighted by Gasteiger charge is -2.07. The van der Waals surface area contributed by atoms with Crippen LogP contribution >= 0.6 is 11.6 Å². The number of benzene rings is 4. The number of amides is 1. The monoisotopic (exact) mass is 453 g/mol. The minimum absolute atomic E-state index is 0.0854. The zero-order chi connectivity index (χ0) is 22.8. The van der Waals surface area contributed by atoms with Crippen LogP contribution in [0.1, 0.15) is 21.5 Å². The second-order valence-electron chi connectivity index (χ2n) is 7.74. The normalized spacial score (nSPS) is 11.4. The Morgan fingerprint density at radius 1 is 0.970 bits per heavy atom. The number of carbonyl (C=O) groups is 1. The first-order chi connectivity index (χ1) is 16.1. The fourth-order valence-corrected chi connectivity index (χ4v) is 4.15. The number of para-hydroxylation sites is 1. The van der Waals surface area contributed by atoms with Gasteiger partial charge in [0.05, 0.1) is 11.8 Å². The van der Waals surface area contributed by atoms with Crippen LogP contribution in [-0.4, -0.2) is 21.8 Å². The number of phenols is 1. The molecule has 5 aromatic rings. The van der Waals surface area contributed by atoms with Gasteiger partial charge in [-0.05, 0) is 40.6 Å². The van der Waals surface area contributed by atoms with Crippen LogP contribution < -0.4 is 5.43 Å². The van der Waals surface area contributed by atoms with E-state index in [1.807, 2.05) is 79.0 Å². The van der Waals surface area contributed by atoms with Crippen molar-refractivity contribution in [1.82, 2.24) is 9.99 Å². The molecule has 0 unspecified atom stereocenters. The van der Waals surface area contributed by atoms with E-state index in [2.05, 4.69) is 15.1 Å². The number of hydrogen-bond donors (Lipinski definition) is 2. The smallest absolute Gasteiger partial charge is 0.275 e. The molecule has 0 spiro atoms. The van der Waals surface area contributed by atoms with Gasteiger partial charge in [-0.1, -0.05) is 72.3 Å². The zero-order valence-corrected chi connectivity index (χ0v) is 18.3. The lowest BCUT2D eigenvalue weighted by Crippen LogP contribution is -2.17. The maximum absolute atomic E-state index is 12.6. The maximum atomic E-state index is 12.6. The minimum Gasteiger partial charge on any atom is -0.507 e. The Morgan fingerprint density at radius 2 is 1.67 bits per heavy atom. The van der Waals surface area contributed by atoms with E-state index in [4.69, 9.17) is 11.6 Å². The summed E-state index contributed by atoms with van der Waals surface area (Å²) >= 11 is 6.35. The molecule has 1 heterocycles. The van der Waals surface area contributed by atoms with Crippen molar-refractivity contribution in [3.8, 4) is 5.75 Å². The summed E-state index contributed by atoms with van der Waals surface area (Å²) in [4.78, 5) is 12.6. The lowest BCUT2D eigenvalue weighted by atomic mass is 10.1. The highest BCUT2D eigenvalue weighted by atomic mass is 35.5. The fraction of sp³-hybridized carbons (Fsp3) is 0.0370. The summed E-state index contributed by atoms with van der Waals surface area (Å²) in [5.74, 6) is -0.563. The third-order valence-electron chi connectivity index (χ3n) is 5.60. The molecule has 33 heavy (non-hydrogen) atoms. The highest BCUT2D eigenvalue weighted by Gasteiger charge is 2.12. The molecule has 4 aromatic carbocycles. The second-order valence-corrected chi connectivity index (χ2v) is 8.14. The van der Waals surface area contributed by atoms with Gasteiger partial charge in [-0.2, -0.15) is 5.10 Å². The van der Waals surface area contributed by atoms with Crippen LogP contribution in [-0.2, 0) is 6.54 Å².